The van der Waals surface area contributed by atoms with E-state index in [1.165, 1.54) is 0 Å². The lowest BCUT2D eigenvalue weighted by Gasteiger charge is -2.29. The molecule has 1 atom stereocenters. The molecule has 0 spiro atoms. The van der Waals surface area contributed by atoms with E-state index in [2.05, 4.69) is 22.2 Å². The number of nitrogens with zero attached hydrogens (tertiary/aromatic N) is 4. The molecule has 1 aliphatic heterocycles. The molecular formula is C23H27N5O2. The van der Waals surface area contributed by atoms with Crippen molar-refractivity contribution in [1.29, 1.82) is 0 Å². The van der Waals surface area contributed by atoms with E-state index in [1.54, 1.807) is 26.6 Å². The van der Waals surface area contributed by atoms with Gasteiger partial charge in [0.15, 0.2) is 0 Å². The fourth-order valence-electron chi connectivity index (χ4n) is 3.76. The number of hydrogen-bond acceptors (Lipinski definition) is 7. The Hall–Kier alpha value is -3.19. The lowest BCUT2D eigenvalue weighted by molar-refractivity contribution is 0.246. The Kier molecular flexibility index (Phi) is 6.09. The number of likely N-dealkylation sites (tertiary alicyclic amines) is 1. The third-order valence-corrected chi connectivity index (χ3v) is 5.32. The zero-order chi connectivity index (χ0) is 20.9. The molecule has 7 nitrogen and oxygen atoms in total. The molecular weight excluding hydrogens is 378 g/mol. The van der Waals surface area contributed by atoms with Gasteiger partial charge in [0, 0.05) is 42.0 Å². The maximum Gasteiger partial charge on any atom is 0.137 e. The Morgan fingerprint density at radius 2 is 1.90 bits per heavy atom. The average molecular weight is 406 g/mol. The fraction of sp³-hybridized carbons (Fsp3) is 0.348. The van der Waals surface area contributed by atoms with Crippen molar-refractivity contribution in [3.63, 3.8) is 0 Å². The van der Waals surface area contributed by atoms with Gasteiger partial charge in [-0.05, 0) is 44.6 Å². The summed E-state index contributed by atoms with van der Waals surface area (Å²) in [5, 5.41) is 3.41. The van der Waals surface area contributed by atoms with Gasteiger partial charge in [0.2, 0.25) is 0 Å². The lowest BCUT2D eigenvalue weighted by Crippen LogP contribution is -2.31. The van der Waals surface area contributed by atoms with Crippen LogP contribution in [0.15, 0.2) is 48.8 Å². The van der Waals surface area contributed by atoms with Gasteiger partial charge in [0.05, 0.1) is 26.1 Å². The van der Waals surface area contributed by atoms with Crippen LogP contribution in [0, 0.1) is 0 Å². The molecule has 3 heterocycles. The number of hydrogen-bond donors (Lipinski definition) is 1. The van der Waals surface area contributed by atoms with E-state index in [4.69, 9.17) is 19.4 Å². The normalized spacial score (nSPS) is 16.8. The molecule has 1 aliphatic rings. The number of likely N-dealkylation sites (N-methyl/N-ethyl adjacent to an activating group) is 1. The number of rotatable bonds is 6. The minimum Gasteiger partial charge on any atom is -0.497 e. The summed E-state index contributed by atoms with van der Waals surface area (Å²) in [6, 6.07) is 11.7. The van der Waals surface area contributed by atoms with Crippen LogP contribution >= 0.6 is 0 Å². The van der Waals surface area contributed by atoms with Crippen LogP contribution in [0.3, 0.4) is 0 Å². The van der Waals surface area contributed by atoms with Crippen molar-refractivity contribution < 1.29 is 9.47 Å². The molecule has 0 radical (unpaired) electrons. The molecule has 4 rings (SSSR count). The van der Waals surface area contributed by atoms with Gasteiger partial charge in [-0.3, -0.25) is 4.98 Å². The molecule has 1 unspecified atom stereocenters. The van der Waals surface area contributed by atoms with Crippen LogP contribution in [-0.2, 0) is 0 Å². The van der Waals surface area contributed by atoms with Crippen LogP contribution in [0.2, 0.25) is 0 Å². The number of pyridine rings is 1. The largest absolute Gasteiger partial charge is 0.497 e. The maximum absolute atomic E-state index is 5.35. The summed E-state index contributed by atoms with van der Waals surface area (Å²) in [4.78, 5) is 16.4. The maximum atomic E-state index is 5.35. The summed E-state index contributed by atoms with van der Waals surface area (Å²) >= 11 is 0. The summed E-state index contributed by atoms with van der Waals surface area (Å²) in [6.45, 7) is 2.07. The molecule has 2 aromatic heterocycles. The topological polar surface area (TPSA) is 72.4 Å². The monoisotopic (exact) mass is 405 g/mol. The van der Waals surface area contributed by atoms with Crippen LogP contribution in [0.25, 0.3) is 11.3 Å². The first kappa shape index (κ1) is 20.1. The van der Waals surface area contributed by atoms with Gasteiger partial charge in [-0.2, -0.15) is 0 Å². The first-order chi connectivity index (χ1) is 14.6. The Balaban J connectivity index is 1.73. The van der Waals surface area contributed by atoms with Gasteiger partial charge < -0.3 is 19.7 Å². The predicted molar refractivity (Wildman–Crippen MR) is 118 cm³/mol. The molecule has 1 aromatic carbocycles. The number of aromatic nitrogens is 3. The fourth-order valence-corrected chi connectivity index (χ4v) is 3.76. The van der Waals surface area contributed by atoms with Gasteiger partial charge in [-0.15, -0.1) is 0 Å². The van der Waals surface area contributed by atoms with E-state index in [9.17, 15) is 0 Å². The first-order valence-electron chi connectivity index (χ1n) is 10.1. The minimum atomic E-state index is 0.299. The van der Waals surface area contributed by atoms with Gasteiger partial charge in [-0.25, -0.2) is 9.97 Å². The van der Waals surface area contributed by atoms with Crippen molar-refractivity contribution in [2.45, 2.75) is 18.8 Å². The molecule has 0 saturated carbocycles. The number of ether oxygens (including phenoxy) is 2. The third kappa shape index (κ3) is 4.68. The quantitative estimate of drug-likeness (QED) is 0.662. The standard InChI is InChI=1S/C23H27N5O2/c1-28-9-5-6-16(15-28)23-26-21(17-10-20(30-3)14-24-13-17)12-22(27-23)25-18-7-4-8-19(11-18)29-2/h4,7-8,10-14,16H,5-6,9,15H2,1-3H3,(H,25,26,27). The van der Waals surface area contributed by atoms with Gasteiger partial charge in [0.25, 0.3) is 0 Å². The average Bonchev–Trinajstić information content (AvgIpc) is 2.79. The first-order valence-corrected chi connectivity index (χ1v) is 10.1. The highest BCUT2D eigenvalue weighted by Crippen LogP contribution is 2.30. The highest BCUT2D eigenvalue weighted by molar-refractivity contribution is 5.66. The number of methoxy groups -OCH3 is 2. The zero-order valence-corrected chi connectivity index (χ0v) is 17.6. The van der Waals surface area contributed by atoms with Crippen molar-refractivity contribution in [2.75, 3.05) is 39.7 Å². The van der Waals surface area contributed by atoms with Crippen molar-refractivity contribution in [2.24, 2.45) is 0 Å². The Labute approximate surface area is 177 Å². The van der Waals surface area contributed by atoms with Gasteiger partial charge in [0.1, 0.15) is 23.1 Å². The van der Waals surface area contributed by atoms with E-state index < -0.39 is 0 Å². The summed E-state index contributed by atoms with van der Waals surface area (Å²) in [5.74, 6) is 3.40. The molecule has 1 N–H and O–H groups in total. The molecule has 0 bridgehead atoms. The minimum absolute atomic E-state index is 0.299. The van der Waals surface area contributed by atoms with Crippen molar-refractivity contribution >= 4 is 11.5 Å². The molecule has 30 heavy (non-hydrogen) atoms. The van der Waals surface area contributed by atoms with Crippen LogP contribution < -0.4 is 14.8 Å². The molecule has 7 heteroatoms. The second-order valence-corrected chi connectivity index (χ2v) is 7.57. The SMILES string of the molecule is COc1cccc(Nc2cc(-c3cncc(OC)c3)nc(C3CCCN(C)C3)n2)c1. The molecule has 0 aliphatic carbocycles. The van der Waals surface area contributed by atoms with E-state index in [0.29, 0.717) is 11.7 Å². The second kappa shape index (κ2) is 9.09. The number of benzene rings is 1. The van der Waals surface area contributed by atoms with Crippen molar-refractivity contribution in [3.05, 3.63) is 54.6 Å². The van der Waals surface area contributed by atoms with Crippen LogP contribution in [0.5, 0.6) is 11.5 Å². The number of nitrogens with one attached hydrogen (secondary N) is 1. The van der Waals surface area contributed by atoms with E-state index >= 15 is 0 Å². The number of anilines is 2. The summed E-state index contributed by atoms with van der Waals surface area (Å²) < 4.78 is 10.7. The van der Waals surface area contributed by atoms with Crippen LogP contribution in [0.4, 0.5) is 11.5 Å². The smallest absolute Gasteiger partial charge is 0.137 e. The van der Waals surface area contributed by atoms with E-state index in [1.807, 2.05) is 36.4 Å². The second-order valence-electron chi connectivity index (χ2n) is 7.57. The van der Waals surface area contributed by atoms with Crippen molar-refractivity contribution in [1.82, 2.24) is 19.9 Å². The Morgan fingerprint density at radius 1 is 1.03 bits per heavy atom. The summed E-state index contributed by atoms with van der Waals surface area (Å²) in [5.41, 5.74) is 2.63. The highest BCUT2D eigenvalue weighted by Gasteiger charge is 2.23. The molecule has 1 fully saturated rings. The highest BCUT2D eigenvalue weighted by atomic mass is 16.5. The predicted octanol–water partition coefficient (Wildman–Crippen LogP) is 4.11. The third-order valence-electron chi connectivity index (χ3n) is 5.32. The molecule has 3 aromatic rings. The zero-order valence-electron chi connectivity index (χ0n) is 17.6. The lowest BCUT2D eigenvalue weighted by atomic mass is 9.97. The summed E-state index contributed by atoms with van der Waals surface area (Å²) in [6.07, 6.45) is 5.73. The molecule has 0 amide bonds. The Bertz CT molecular complexity index is 1010. The summed E-state index contributed by atoms with van der Waals surface area (Å²) in [7, 11) is 5.45. The van der Waals surface area contributed by atoms with Crippen LogP contribution in [0.1, 0.15) is 24.6 Å². The Morgan fingerprint density at radius 3 is 2.70 bits per heavy atom. The number of piperidine rings is 1. The van der Waals surface area contributed by atoms with E-state index in [0.717, 1.165) is 60.3 Å². The molecule has 1 saturated heterocycles. The molecule has 156 valence electrons. The van der Waals surface area contributed by atoms with Crippen LogP contribution in [-0.4, -0.2) is 54.2 Å². The van der Waals surface area contributed by atoms with E-state index in [-0.39, 0.29) is 0 Å². The van der Waals surface area contributed by atoms with Gasteiger partial charge in [-0.1, -0.05) is 6.07 Å². The van der Waals surface area contributed by atoms with Crippen molar-refractivity contribution in [3.8, 4) is 22.8 Å². The van der Waals surface area contributed by atoms with Gasteiger partial charge >= 0.3 is 0 Å².